The number of rotatable bonds is 4. The van der Waals surface area contributed by atoms with E-state index in [0.717, 1.165) is 11.1 Å². The molecule has 6 heteroatoms. The van der Waals surface area contributed by atoms with Gasteiger partial charge in [0.25, 0.3) is 0 Å². The molecular formula is C14H16ClN3O2. The SMILES string of the molecule is COc1cnc(C(N)c2ccc(Cl)c(C)c2)c(OC)n1. The molecule has 0 amide bonds. The highest BCUT2D eigenvalue weighted by molar-refractivity contribution is 6.31. The number of aryl methyl sites for hydroxylation is 1. The number of hydrogen-bond acceptors (Lipinski definition) is 5. The first-order valence-electron chi connectivity index (χ1n) is 6.03. The van der Waals surface area contributed by atoms with Gasteiger partial charge in [-0.05, 0) is 24.1 Å². The van der Waals surface area contributed by atoms with Gasteiger partial charge in [0.05, 0.1) is 26.5 Å². The van der Waals surface area contributed by atoms with E-state index < -0.39 is 6.04 Å². The van der Waals surface area contributed by atoms with Crippen LogP contribution in [0.5, 0.6) is 11.8 Å². The summed E-state index contributed by atoms with van der Waals surface area (Å²) < 4.78 is 10.2. The van der Waals surface area contributed by atoms with Crippen LogP contribution in [0.15, 0.2) is 24.4 Å². The van der Waals surface area contributed by atoms with Crippen LogP contribution in [-0.4, -0.2) is 24.2 Å². The minimum Gasteiger partial charge on any atom is -0.480 e. The summed E-state index contributed by atoms with van der Waals surface area (Å²) in [6, 6.07) is 5.17. The van der Waals surface area contributed by atoms with Gasteiger partial charge in [0.2, 0.25) is 11.8 Å². The van der Waals surface area contributed by atoms with E-state index in [-0.39, 0.29) is 0 Å². The number of benzene rings is 1. The van der Waals surface area contributed by atoms with Crippen molar-refractivity contribution in [2.24, 2.45) is 5.73 Å². The molecule has 1 aromatic heterocycles. The van der Waals surface area contributed by atoms with Crippen molar-refractivity contribution in [1.82, 2.24) is 9.97 Å². The fourth-order valence-electron chi connectivity index (χ4n) is 1.85. The standard InChI is InChI=1S/C14H16ClN3O2/c1-8-6-9(4-5-10(8)15)12(16)13-14(20-3)18-11(19-2)7-17-13/h4-7,12H,16H2,1-3H3. The summed E-state index contributed by atoms with van der Waals surface area (Å²) in [5.74, 6) is 0.731. The van der Waals surface area contributed by atoms with Crippen molar-refractivity contribution in [3.05, 3.63) is 46.2 Å². The summed E-state index contributed by atoms with van der Waals surface area (Å²) in [6.45, 7) is 1.93. The summed E-state index contributed by atoms with van der Waals surface area (Å²) in [6.07, 6.45) is 1.51. The van der Waals surface area contributed by atoms with Crippen LogP contribution in [0, 0.1) is 6.92 Å². The average Bonchev–Trinajstić information content (AvgIpc) is 2.48. The zero-order chi connectivity index (χ0) is 14.7. The lowest BCUT2D eigenvalue weighted by Gasteiger charge is -2.15. The van der Waals surface area contributed by atoms with Gasteiger partial charge < -0.3 is 15.2 Å². The van der Waals surface area contributed by atoms with Crippen LogP contribution >= 0.6 is 11.6 Å². The smallest absolute Gasteiger partial charge is 0.240 e. The Kier molecular flexibility index (Phi) is 4.42. The Balaban J connectivity index is 2.41. The Hall–Kier alpha value is -1.85. The number of ether oxygens (including phenoxy) is 2. The van der Waals surface area contributed by atoms with Gasteiger partial charge in [0.1, 0.15) is 5.69 Å². The maximum atomic E-state index is 6.24. The Morgan fingerprint density at radius 1 is 1.25 bits per heavy atom. The summed E-state index contributed by atoms with van der Waals surface area (Å²) in [5, 5.41) is 0.703. The highest BCUT2D eigenvalue weighted by atomic mass is 35.5. The minimum absolute atomic E-state index is 0.351. The first kappa shape index (κ1) is 14.6. The van der Waals surface area contributed by atoms with Gasteiger partial charge in [0.15, 0.2) is 0 Å². The summed E-state index contributed by atoms with van der Waals surface area (Å²) in [4.78, 5) is 8.46. The van der Waals surface area contributed by atoms with E-state index in [0.29, 0.717) is 22.5 Å². The lowest BCUT2D eigenvalue weighted by atomic mass is 10.0. The number of nitrogens with zero attached hydrogens (tertiary/aromatic N) is 2. The molecule has 2 rings (SSSR count). The fourth-order valence-corrected chi connectivity index (χ4v) is 1.96. The number of methoxy groups -OCH3 is 2. The molecule has 2 aromatic rings. The van der Waals surface area contributed by atoms with Gasteiger partial charge in [-0.3, -0.25) is 0 Å². The molecule has 0 aliphatic rings. The largest absolute Gasteiger partial charge is 0.480 e. The topological polar surface area (TPSA) is 70.3 Å². The second kappa shape index (κ2) is 6.07. The van der Waals surface area contributed by atoms with Crippen LogP contribution in [0.1, 0.15) is 22.9 Å². The molecular weight excluding hydrogens is 278 g/mol. The van der Waals surface area contributed by atoms with Crippen molar-refractivity contribution >= 4 is 11.6 Å². The van der Waals surface area contributed by atoms with Crippen LogP contribution in [0.3, 0.4) is 0 Å². The molecule has 1 heterocycles. The van der Waals surface area contributed by atoms with Crippen LogP contribution < -0.4 is 15.2 Å². The van der Waals surface area contributed by atoms with E-state index >= 15 is 0 Å². The molecule has 0 aliphatic heterocycles. The van der Waals surface area contributed by atoms with E-state index in [1.54, 1.807) is 0 Å². The monoisotopic (exact) mass is 293 g/mol. The molecule has 0 radical (unpaired) electrons. The highest BCUT2D eigenvalue weighted by Crippen LogP contribution is 2.28. The average molecular weight is 294 g/mol. The van der Waals surface area contributed by atoms with Crippen molar-refractivity contribution in [2.75, 3.05) is 14.2 Å². The number of hydrogen-bond donors (Lipinski definition) is 1. The Morgan fingerprint density at radius 3 is 2.60 bits per heavy atom. The van der Waals surface area contributed by atoms with E-state index in [1.165, 1.54) is 20.4 Å². The molecule has 20 heavy (non-hydrogen) atoms. The summed E-state index contributed by atoms with van der Waals surface area (Å²) in [5.41, 5.74) is 8.64. The molecule has 0 saturated heterocycles. The predicted octanol–water partition coefficient (Wildman–Crippen LogP) is 2.50. The fraction of sp³-hybridized carbons (Fsp3) is 0.286. The van der Waals surface area contributed by atoms with Crippen molar-refractivity contribution in [3.63, 3.8) is 0 Å². The molecule has 0 fully saturated rings. The Labute approximate surface area is 122 Å². The Bertz CT molecular complexity index is 619. The van der Waals surface area contributed by atoms with E-state index in [9.17, 15) is 0 Å². The molecule has 5 nitrogen and oxygen atoms in total. The van der Waals surface area contributed by atoms with Crippen molar-refractivity contribution in [2.45, 2.75) is 13.0 Å². The van der Waals surface area contributed by atoms with Gasteiger partial charge in [-0.25, -0.2) is 4.98 Å². The van der Waals surface area contributed by atoms with Gasteiger partial charge >= 0.3 is 0 Å². The zero-order valence-corrected chi connectivity index (χ0v) is 12.3. The first-order valence-corrected chi connectivity index (χ1v) is 6.41. The number of aromatic nitrogens is 2. The van der Waals surface area contributed by atoms with Crippen molar-refractivity contribution < 1.29 is 9.47 Å². The zero-order valence-electron chi connectivity index (χ0n) is 11.6. The maximum Gasteiger partial charge on any atom is 0.240 e. The van der Waals surface area contributed by atoms with Gasteiger partial charge in [-0.2, -0.15) is 4.98 Å². The maximum absolute atomic E-state index is 6.24. The molecule has 1 unspecified atom stereocenters. The van der Waals surface area contributed by atoms with Crippen LogP contribution in [0.25, 0.3) is 0 Å². The third-order valence-electron chi connectivity index (χ3n) is 2.98. The number of halogens is 1. The second-order valence-corrected chi connectivity index (χ2v) is 4.70. The molecule has 1 aromatic carbocycles. The van der Waals surface area contributed by atoms with Crippen LogP contribution in [-0.2, 0) is 0 Å². The lowest BCUT2D eigenvalue weighted by molar-refractivity contribution is 0.355. The first-order chi connectivity index (χ1) is 9.56. The summed E-state index contributed by atoms with van der Waals surface area (Å²) >= 11 is 6.02. The van der Waals surface area contributed by atoms with E-state index in [1.807, 2.05) is 25.1 Å². The highest BCUT2D eigenvalue weighted by Gasteiger charge is 2.18. The third kappa shape index (κ3) is 2.84. The van der Waals surface area contributed by atoms with Crippen LogP contribution in [0.2, 0.25) is 5.02 Å². The Morgan fingerprint density at radius 2 is 2.00 bits per heavy atom. The molecule has 0 saturated carbocycles. The van der Waals surface area contributed by atoms with Crippen LogP contribution in [0.4, 0.5) is 0 Å². The van der Waals surface area contributed by atoms with Crippen molar-refractivity contribution in [1.29, 1.82) is 0 Å². The summed E-state index contributed by atoms with van der Waals surface area (Å²) in [7, 11) is 3.04. The molecule has 0 spiro atoms. The normalized spacial score (nSPS) is 12.1. The predicted molar refractivity (Wildman–Crippen MR) is 77.4 cm³/mol. The quantitative estimate of drug-likeness (QED) is 0.938. The molecule has 0 bridgehead atoms. The van der Waals surface area contributed by atoms with E-state index in [2.05, 4.69) is 9.97 Å². The molecule has 106 valence electrons. The molecule has 2 N–H and O–H groups in total. The van der Waals surface area contributed by atoms with E-state index in [4.69, 9.17) is 26.8 Å². The van der Waals surface area contributed by atoms with Gasteiger partial charge in [0, 0.05) is 5.02 Å². The number of nitrogens with two attached hydrogens (primary N) is 1. The van der Waals surface area contributed by atoms with Gasteiger partial charge in [-0.15, -0.1) is 0 Å². The third-order valence-corrected chi connectivity index (χ3v) is 3.41. The molecule has 1 atom stereocenters. The minimum atomic E-state index is -0.445. The van der Waals surface area contributed by atoms with Gasteiger partial charge in [-0.1, -0.05) is 23.7 Å². The lowest BCUT2D eigenvalue weighted by Crippen LogP contribution is -2.16. The van der Waals surface area contributed by atoms with Crippen molar-refractivity contribution in [3.8, 4) is 11.8 Å². The second-order valence-electron chi connectivity index (χ2n) is 4.29. The molecule has 0 aliphatic carbocycles.